The molecule has 9 heteroatoms. The number of aromatic nitrogens is 4. The monoisotopic (exact) mass is 361 g/mol. The van der Waals surface area contributed by atoms with Gasteiger partial charge in [0.05, 0.1) is 11.8 Å². The molecule has 9 nitrogen and oxygen atoms in total. The van der Waals surface area contributed by atoms with Crippen molar-refractivity contribution in [1.82, 2.24) is 20.2 Å². The number of phenols is 1. The van der Waals surface area contributed by atoms with Gasteiger partial charge in [0.2, 0.25) is 5.90 Å². The van der Waals surface area contributed by atoms with E-state index in [2.05, 4.69) is 25.5 Å². The first-order valence-electron chi connectivity index (χ1n) is 7.98. The first kappa shape index (κ1) is 16.3. The second-order valence-electron chi connectivity index (χ2n) is 5.74. The largest absolute Gasteiger partial charge is 0.508 e. The fraction of sp³-hybridized carbons (Fsp3) is 0. The Hall–Kier alpha value is -4.14. The maximum atomic E-state index is 9.29. The normalized spacial score (nSPS) is 10.7. The smallest absolute Gasteiger partial charge is 0.293 e. The number of hydrogen-bond acceptors (Lipinski definition) is 6. The molecule has 0 fully saturated rings. The van der Waals surface area contributed by atoms with Gasteiger partial charge < -0.3 is 20.1 Å². The first-order valence-corrected chi connectivity index (χ1v) is 7.98. The van der Waals surface area contributed by atoms with Crippen molar-refractivity contribution in [2.24, 2.45) is 0 Å². The highest BCUT2D eigenvalue weighted by Crippen LogP contribution is 2.24. The summed E-state index contributed by atoms with van der Waals surface area (Å²) in [6.07, 6.45) is 6.78. The van der Waals surface area contributed by atoms with E-state index in [0.717, 1.165) is 11.1 Å². The minimum Gasteiger partial charge on any atom is -0.508 e. The number of aromatic amines is 2. The summed E-state index contributed by atoms with van der Waals surface area (Å²) in [5, 5.41) is 35.5. The summed E-state index contributed by atoms with van der Waals surface area (Å²) in [6, 6.07) is 7.76. The van der Waals surface area contributed by atoms with Crippen molar-refractivity contribution in [2.75, 3.05) is 5.32 Å². The Kier molecular flexibility index (Phi) is 4.01. The molecular formula is C18H15N7O2. The van der Waals surface area contributed by atoms with Gasteiger partial charge in [-0.15, -0.1) is 0 Å². The molecule has 0 atom stereocenters. The summed E-state index contributed by atoms with van der Waals surface area (Å²) in [4.78, 5) is 7.35. The van der Waals surface area contributed by atoms with Crippen LogP contribution in [-0.4, -0.2) is 37.2 Å². The van der Waals surface area contributed by atoms with Gasteiger partial charge in [-0.1, -0.05) is 0 Å². The molecule has 27 heavy (non-hydrogen) atoms. The Labute approximate surface area is 153 Å². The number of ether oxygens (including phenoxy) is 1. The van der Waals surface area contributed by atoms with Crippen molar-refractivity contribution >= 4 is 28.6 Å². The number of H-pyrrole nitrogens is 2. The molecule has 0 radical (unpaired) electrons. The SMILES string of the molecule is N=C(Nc1ccc(O)cc1)OC(=N)c1c[nH]c2ncc(-c3cn[nH]c3)cc12. The standard InChI is InChI=1S/C18H15N7O2/c19-16(27-18(20)25-12-1-3-13(26)4-2-12)15-9-22-17-14(15)5-10(6-21-17)11-7-23-24-8-11/h1-9,19,26H,(H2,20,25)(H,21,22)(H,23,24). The van der Waals surface area contributed by atoms with Crippen LogP contribution in [0.25, 0.3) is 22.2 Å². The van der Waals surface area contributed by atoms with Crippen molar-refractivity contribution in [1.29, 1.82) is 10.8 Å². The molecule has 0 saturated heterocycles. The topological polar surface area (TPSA) is 147 Å². The second-order valence-corrected chi connectivity index (χ2v) is 5.74. The number of benzene rings is 1. The lowest BCUT2D eigenvalue weighted by atomic mass is 10.1. The number of amidine groups is 1. The Morgan fingerprint density at radius 3 is 2.63 bits per heavy atom. The molecule has 0 bridgehead atoms. The van der Waals surface area contributed by atoms with Gasteiger partial charge >= 0.3 is 0 Å². The second kappa shape index (κ2) is 6.64. The van der Waals surface area contributed by atoms with Crippen LogP contribution in [0.5, 0.6) is 5.75 Å². The van der Waals surface area contributed by atoms with Gasteiger partial charge in [-0.3, -0.25) is 15.9 Å². The molecule has 0 unspecified atom stereocenters. The van der Waals surface area contributed by atoms with Crippen molar-refractivity contribution in [2.45, 2.75) is 0 Å². The lowest BCUT2D eigenvalue weighted by molar-refractivity contribution is 0.475. The zero-order chi connectivity index (χ0) is 18.8. The summed E-state index contributed by atoms with van der Waals surface area (Å²) in [5.74, 6) is -0.0656. The summed E-state index contributed by atoms with van der Waals surface area (Å²) in [5.41, 5.74) is 3.39. The van der Waals surface area contributed by atoms with Crippen LogP contribution in [0.15, 0.2) is 55.1 Å². The molecular weight excluding hydrogens is 346 g/mol. The van der Waals surface area contributed by atoms with E-state index in [1.807, 2.05) is 6.07 Å². The molecule has 0 aliphatic rings. The van der Waals surface area contributed by atoms with Gasteiger partial charge in [-0.25, -0.2) is 4.98 Å². The molecule has 3 aromatic heterocycles. The van der Waals surface area contributed by atoms with Gasteiger partial charge in [-0.2, -0.15) is 5.10 Å². The lowest BCUT2D eigenvalue weighted by Crippen LogP contribution is -2.19. The number of fused-ring (bicyclic) bond motifs is 1. The average molecular weight is 361 g/mol. The molecule has 4 rings (SSSR count). The third kappa shape index (κ3) is 3.33. The van der Waals surface area contributed by atoms with Crippen LogP contribution in [0, 0.1) is 10.8 Å². The molecule has 0 spiro atoms. The van der Waals surface area contributed by atoms with Crippen molar-refractivity contribution < 1.29 is 9.84 Å². The van der Waals surface area contributed by atoms with E-state index >= 15 is 0 Å². The van der Waals surface area contributed by atoms with Crippen LogP contribution in [0.2, 0.25) is 0 Å². The average Bonchev–Trinajstić information content (AvgIpc) is 3.32. The number of nitrogens with zero attached hydrogens (tertiary/aromatic N) is 2. The van der Waals surface area contributed by atoms with Crippen molar-refractivity contribution in [3.05, 3.63) is 60.7 Å². The Morgan fingerprint density at radius 2 is 1.89 bits per heavy atom. The number of phenolic OH excluding ortho intramolecular Hbond substituents is 1. The third-order valence-electron chi connectivity index (χ3n) is 3.94. The van der Waals surface area contributed by atoms with E-state index in [4.69, 9.17) is 15.6 Å². The lowest BCUT2D eigenvalue weighted by Gasteiger charge is -2.09. The number of pyridine rings is 1. The zero-order valence-corrected chi connectivity index (χ0v) is 13.9. The van der Waals surface area contributed by atoms with Crippen LogP contribution in [0.3, 0.4) is 0 Å². The molecule has 1 aromatic carbocycles. The van der Waals surface area contributed by atoms with E-state index in [1.165, 1.54) is 12.1 Å². The number of hydrogen-bond donors (Lipinski definition) is 6. The van der Waals surface area contributed by atoms with Crippen LogP contribution < -0.4 is 5.32 Å². The fourth-order valence-electron chi connectivity index (χ4n) is 2.62. The zero-order valence-electron chi connectivity index (χ0n) is 13.9. The van der Waals surface area contributed by atoms with E-state index in [1.54, 1.807) is 36.9 Å². The molecule has 0 aliphatic carbocycles. The minimum absolute atomic E-state index is 0.125. The molecule has 4 aromatic rings. The predicted molar refractivity (Wildman–Crippen MR) is 101 cm³/mol. The summed E-state index contributed by atoms with van der Waals surface area (Å²) in [6.45, 7) is 0. The van der Waals surface area contributed by atoms with Gasteiger partial charge in [-0.05, 0) is 30.3 Å². The molecule has 3 heterocycles. The third-order valence-corrected chi connectivity index (χ3v) is 3.94. The summed E-state index contributed by atoms with van der Waals surface area (Å²) >= 11 is 0. The molecule has 6 N–H and O–H groups in total. The summed E-state index contributed by atoms with van der Waals surface area (Å²) in [7, 11) is 0. The quantitative estimate of drug-likeness (QED) is 0.189. The number of rotatable bonds is 3. The first-order chi connectivity index (χ1) is 13.1. The van der Waals surface area contributed by atoms with E-state index in [9.17, 15) is 5.11 Å². The Bertz CT molecular complexity index is 1110. The maximum Gasteiger partial charge on any atom is 0.293 e. The number of nitrogens with one attached hydrogen (secondary N) is 5. The van der Waals surface area contributed by atoms with Crippen LogP contribution in [0.1, 0.15) is 5.56 Å². The van der Waals surface area contributed by atoms with Gasteiger partial charge in [0.25, 0.3) is 6.02 Å². The van der Waals surface area contributed by atoms with Crippen LogP contribution >= 0.6 is 0 Å². The molecule has 0 saturated carbocycles. The van der Waals surface area contributed by atoms with Crippen LogP contribution in [0.4, 0.5) is 5.69 Å². The van der Waals surface area contributed by atoms with Crippen molar-refractivity contribution in [3.63, 3.8) is 0 Å². The summed E-state index contributed by atoms with van der Waals surface area (Å²) < 4.78 is 5.29. The van der Waals surface area contributed by atoms with Gasteiger partial charge in [0.15, 0.2) is 0 Å². The predicted octanol–water partition coefficient (Wildman–Crippen LogP) is 3.05. The fourth-order valence-corrected chi connectivity index (χ4v) is 2.62. The van der Waals surface area contributed by atoms with E-state index in [0.29, 0.717) is 22.3 Å². The highest BCUT2D eigenvalue weighted by atomic mass is 16.5. The van der Waals surface area contributed by atoms with E-state index < -0.39 is 0 Å². The van der Waals surface area contributed by atoms with Crippen molar-refractivity contribution in [3.8, 4) is 16.9 Å². The molecule has 0 aliphatic heterocycles. The molecule has 134 valence electrons. The van der Waals surface area contributed by atoms with Gasteiger partial charge in [0.1, 0.15) is 11.4 Å². The highest BCUT2D eigenvalue weighted by molar-refractivity contribution is 6.09. The Balaban J connectivity index is 1.54. The Morgan fingerprint density at radius 1 is 1.07 bits per heavy atom. The van der Waals surface area contributed by atoms with E-state index in [-0.39, 0.29) is 17.7 Å². The van der Waals surface area contributed by atoms with Crippen LogP contribution in [-0.2, 0) is 4.74 Å². The number of aromatic hydroxyl groups is 1. The maximum absolute atomic E-state index is 9.29. The number of anilines is 1. The molecule has 0 amide bonds. The highest BCUT2D eigenvalue weighted by Gasteiger charge is 2.14. The van der Waals surface area contributed by atoms with Gasteiger partial charge in [0, 0.05) is 40.8 Å². The minimum atomic E-state index is -0.306.